The van der Waals surface area contributed by atoms with E-state index in [0.717, 1.165) is 4.68 Å². The first-order chi connectivity index (χ1) is 5.77. The van der Waals surface area contributed by atoms with Crippen LogP contribution < -0.4 is 11.4 Å². The van der Waals surface area contributed by atoms with E-state index in [4.69, 9.17) is 5.73 Å². The molecule has 0 aliphatic rings. The summed E-state index contributed by atoms with van der Waals surface area (Å²) >= 11 is 0. The Hall–Kier alpha value is -1.43. The van der Waals surface area contributed by atoms with Gasteiger partial charge >= 0.3 is 5.69 Å². The topological polar surface area (TPSA) is 76.7 Å². The Labute approximate surface area is 67.7 Å². The Morgan fingerprint density at radius 3 is 3.08 bits per heavy atom. The fourth-order valence-electron chi connectivity index (χ4n) is 0.739. The van der Waals surface area contributed by atoms with Gasteiger partial charge in [0.05, 0.1) is 12.9 Å². The first-order valence-corrected chi connectivity index (χ1v) is 3.36. The molecule has 0 radical (unpaired) electrons. The number of nitrogens with zero attached hydrogens (tertiary/aromatic N) is 2. The van der Waals surface area contributed by atoms with E-state index in [1.807, 2.05) is 0 Å². The molecule has 0 saturated carbocycles. The average Bonchev–Trinajstić information content (AvgIpc) is 2.47. The van der Waals surface area contributed by atoms with Crippen LogP contribution in [-0.2, 0) is 6.54 Å². The van der Waals surface area contributed by atoms with Crippen molar-refractivity contribution >= 4 is 0 Å². The minimum Gasteiger partial charge on any atom is -0.327 e. The normalized spacial score (nSPS) is 12.0. The van der Waals surface area contributed by atoms with E-state index in [1.54, 1.807) is 0 Å². The number of H-pyrrole nitrogens is 1. The van der Waals surface area contributed by atoms with Crippen LogP contribution in [0.15, 0.2) is 23.0 Å². The van der Waals surface area contributed by atoms with Gasteiger partial charge in [0.1, 0.15) is 6.33 Å². The van der Waals surface area contributed by atoms with Crippen molar-refractivity contribution in [3.8, 4) is 0 Å². The smallest absolute Gasteiger partial charge is 0.327 e. The first kappa shape index (κ1) is 8.66. The van der Waals surface area contributed by atoms with Gasteiger partial charge in [-0.2, -0.15) is 4.98 Å². The quantitative estimate of drug-likeness (QED) is 0.638. The minimum atomic E-state index is -0.442. The van der Waals surface area contributed by atoms with Gasteiger partial charge < -0.3 is 5.73 Å². The molecule has 0 unspecified atom stereocenters. The van der Waals surface area contributed by atoms with Crippen LogP contribution in [0, 0.1) is 0 Å². The molecule has 0 aliphatic heterocycles. The lowest BCUT2D eigenvalue weighted by Gasteiger charge is -2.00. The molecule has 0 bridgehead atoms. The summed E-state index contributed by atoms with van der Waals surface area (Å²) in [5.41, 5.74) is 5.08. The monoisotopic (exact) mass is 172 g/mol. The summed E-state index contributed by atoms with van der Waals surface area (Å²) in [7, 11) is 0. The molecule has 0 aromatic carbocycles. The zero-order valence-corrected chi connectivity index (χ0v) is 6.33. The van der Waals surface area contributed by atoms with E-state index in [-0.39, 0.29) is 13.1 Å². The first-order valence-electron chi connectivity index (χ1n) is 3.36. The molecule has 6 heteroatoms. The number of aromatic nitrogens is 3. The highest BCUT2D eigenvalue weighted by molar-refractivity contribution is 4.98. The molecule has 1 heterocycles. The molecule has 5 nitrogen and oxygen atoms in total. The maximum absolute atomic E-state index is 12.0. The maximum atomic E-state index is 12.0. The molecule has 12 heavy (non-hydrogen) atoms. The van der Waals surface area contributed by atoms with Crippen molar-refractivity contribution in [3.05, 3.63) is 28.7 Å². The number of hydrogen-bond acceptors (Lipinski definition) is 3. The fraction of sp³-hybridized carbons (Fsp3) is 0.333. The van der Waals surface area contributed by atoms with Gasteiger partial charge in [0.2, 0.25) is 0 Å². The van der Waals surface area contributed by atoms with Crippen LogP contribution in [0.3, 0.4) is 0 Å². The van der Waals surface area contributed by atoms with Crippen molar-refractivity contribution in [1.82, 2.24) is 14.8 Å². The van der Waals surface area contributed by atoms with Crippen molar-refractivity contribution in [1.29, 1.82) is 0 Å². The van der Waals surface area contributed by atoms with Crippen molar-refractivity contribution < 1.29 is 4.39 Å². The van der Waals surface area contributed by atoms with E-state index in [9.17, 15) is 9.18 Å². The van der Waals surface area contributed by atoms with Gasteiger partial charge in [-0.25, -0.2) is 13.9 Å². The maximum Gasteiger partial charge on any atom is 0.363 e. The van der Waals surface area contributed by atoms with Crippen molar-refractivity contribution in [2.45, 2.75) is 6.54 Å². The predicted molar refractivity (Wildman–Crippen MR) is 41.1 cm³/mol. The number of halogens is 1. The van der Waals surface area contributed by atoms with Gasteiger partial charge in [0, 0.05) is 6.54 Å². The Bertz CT molecular complexity index is 326. The molecule has 66 valence electrons. The van der Waals surface area contributed by atoms with Crippen LogP contribution in [0.5, 0.6) is 0 Å². The van der Waals surface area contributed by atoms with E-state index < -0.39 is 5.69 Å². The molecule has 0 aliphatic carbocycles. The van der Waals surface area contributed by atoms with Gasteiger partial charge in [-0.3, -0.25) is 5.10 Å². The highest BCUT2D eigenvalue weighted by atomic mass is 19.1. The summed E-state index contributed by atoms with van der Waals surface area (Å²) in [6.45, 7) is 0.202. The summed E-state index contributed by atoms with van der Waals surface area (Å²) in [6.07, 6.45) is 1.64. The summed E-state index contributed by atoms with van der Waals surface area (Å²) in [5, 5.41) is 2.53. The SMILES string of the molecule is NC/C(=C\F)Cn1[nH]cnc1=O. The second-order valence-corrected chi connectivity index (χ2v) is 2.23. The lowest BCUT2D eigenvalue weighted by Crippen LogP contribution is -2.21. The summed E-state index contributed by atoms with van der Waals surface area (Å²) < 4.78 is 13.2. The third kappa shape index (κ3) is 1.79. The second-order valence-electron chi connectivity index (χ2n) is 2.23. The van der Waals surface area contributed by atoms with Crippen molar-refractivity contribution in [3.63, 3.8) is 0 Å². The number of rotatable bonds is 3. The van der Waals surface area contributed by atoms with Gasteiger partial charge in [-0.15, -0.1) is 0 Å². The summed E-state index contributed by atoms with van der Waals surface area (Å²) in [6, 6.07) is 0. The molecule has 0 amide bonds. The van der Waals surface area contributed by atoms with Gasteiger partial charge in [-0.05, 0) is 5.57 Å². The molecule has 1 aromatic heterocycles. The van der Waals surface area contributed by atoms with Crippen molar-refractivity contribution in [2.75, 3.05) is 6.54 Å². The lowest BCUT2D eigenvalue weighted by atomic mass is 10.3. The van der Waals surface area contributed by atoms with E-state index in [0.29, 0.717) is 11.9 Å². The Balaban J connectivity index is 2.76. The van der Waals surface area contributed by atoms with Crippen LogP contribution in [0.4, 0.5) is 4.39 Å². The van der Waals surface area contributed by atoms with Gasteiger partial charge in [-0.1, -0.05) is 0 Å². The van der Waals surface area contributed by atoms with E-state index in [2.05, 4.69) is 10.1 Å². The molecule has 3 N–H and O–H groups in total. The van der Waals surface area contributed by atoms with Crippen LogP contribution in [0.25, 0.3) is 0 Å². The van der Waals surface area contributed by atoms with Crippen LogP contribution >= 0.6 is 0 Å². The van der Waals surface area contributed by atoms with Crippen LogP contribution in [-0.4, -0.2) is 21.3 Å². The molecule has 0 saturated heterocycles. The third-order valence-corrected chi connectivity index (χ3v) is 1.40. The zero-order valence-electron chi connectivity index (χ0n) is 6.33. The standard InChI is InChI=1S/C6H9FN4O/c7-1-5(2-8)3-11-6(12)9-4-10-11/h1,4H,2-3,8H2,(H,9,10,12)/b5-1+. The minimum absolute atomic E-state index is 0.0853. The van der Waals surface area contributed by atoms with E-state index in [1.165, 1.54) is 6.33 Å². The number of aromatic amines is 1. The zero-order chi connectivity index (χ0) is 8.97. The predicted octanol–water partition coefficient (Wildman–Crippen LogP) is -0.617. The van der Waals surface area contributed by atoms with Crippen LogP contribution in [0.2, 0.25) is 0 Å². The van der Waals surface area contributed by atoms with Crippen molar-refractivity contribution in [2.24, 2.45) is 5.73 Å². The summed E-state index contributed by atoms with van der Waals surface area (Å²) in [5.74, 6) is 0. The fourth-order valence-corrected chi connectivity index (χ4v) is 0.739. The average molecular weight is 172 g/mol. The van der Waals surface area contributed by atoms with Gasteiger partial charge in [0.15, 0.2) is 0 Å². The molecule has 0 atom stereocenters. The highest BCUT2D eigenvalue weighted by Crippen LogP contribution is 1.93. The number of nitrogens with one attached hydrogen (secondary N) is 1. The van der Waals surface area contributed by atoms with E-state index >= 15 is 0 Å². The van der Waals surface area contributed by atoms with Crippen LogP contribution in [0.1, 0.15) is 0 Å². The molecule has 0 fully saturated rings. The molecule has 1 aromatic rings. The summed E-state index contributed by atoms with van der Waals surface area (Å²) in [4.78, 5) is 14.2. The number of hydrogen-bond donors (Lipinski definition) is 2. The lowest BCUT2D eigenvalue weighted by molar-refractivity contribution is 0.616. The highest BCUT2D eigenvalue weighted by Gasteiger charge is 2.00. The third-order valence-electron chi connectivity index (χ3n) is 1.40. The molecular formula is C6H9FN4O. The Kier molecular flexibility index (Phi) is 2.76. The number of nitrogens with two attached hydrogens (primary N) is 1. The Morgan fingerprint density at radius 1 is 1.92 bits per heavy atom. The second kappa shape index (κ2) is 3.82. The Morgan fingerprint density at radius 2 is 2.67 bits per heavy atom. The molecular weight excluding hydrogens is 163 g/mol. The largest absolute Gasteiger partial charge is 0.363 e. The van der Waals surface area contributed by atoms with Gasteiger partial charge in [0.25, 0.3) is 0 Å². The molecule has 1 rings (SSSR count). The molecule has 0 spiro atoms.